The quantitative estimate of drug-likeness (QED) is 0.689. The van der Waals surface area contributed by atoms with Gasteiger partial charge in [-0.3, -0.25) is 10.1 Å². The summed E-state index contributed by atoms with van der Waals surface area (Å²) in [5.74, 6) is 0.513. The topological polar surface area (TPSA) is 41.6 Å². The lowest BCUT2D eigenvalue weighted by atomic mass is 10.1. The van der Waals surface area contributed by atoms with Gasteiger partial charge >= 0.3 is 0 Å². The molecule has 0 radical (unpaired) electrons. The SMILES string of the molecule is CCC1NC(CC(C)C)N(CCOCC(F)F)C1=O. The fourth-order valence-electron chi connectivity index (χ4n) is 2.28. The molecule has 0 aromatic heterocycles. The maximum absolute atomic E-state index is 12.1. The first-order valence-electron chi connectivity index (χ1n) is 6.88. The van der Waals surface area contributed by atoms with Crippen LogP contribution < -0.4 is 5.32 Å². The van der Waals surface area contributed by atoms with Gasteiger partial charge in [-0.05, 0) is 18.8 Å². The molecule has 1 saturated heterocycles. The number of amides is 1. The number of ether oxygens (including phenoxy) is 1. The average Bonchev–Trinajstić information content (AvgIpc) is 2.60. The highest BCUT2D eigenvalue weighted by atomic mass is 19.3. The molecule has 2 unspecified atom stereocenters. The van der Waals surface area contributed by atoms with Gasteiger partial charge in [0, 0.05) is 6.54 Å². The molecule has 2 atom stereocenters. The monoisotopic (exact) mass is 278 g/mol. The Kier molecular flexibility index (Phi) is 6.65. The van der Waals surface area contributed by atoms with Crippen molar-refractivity contribution < 1.29 is 18.3 Å². The maximum atomic E-state index is 12.1. The average molecular weight is 278 g/mol. The van der Waals surface area contributed by atoms with Crippen LogP contribution in [-0.4, -0.2) is 49.2 Å². The Bertz CT molecular complexity index is 288. The number of carbonyl (C=O) groups is 1. The fraction of sp³-hybridized carbons (Fsp3) is 0.923. The van der Waals surface area contributed by atoms with Gasteiger partial charge in [-0.15, -0.1) is 0 Å². The fourth-order valence-corrected chi connectivity index (χ4v) is 2.28. The van der Waals surface area contributed by atoms with Crippen molar-refractivity contribution in [1.82, 2.24) is 10.2 Å². The van der Waals surface area contributed by atoms with Gasteiger partial charge in [0.05, 0.1) is 18.8 Å². The van der Waals surface area contributed by atoms with E-state index in [2.05, 4.69) is 19.2 Å². The molecule has 6 heteroatoms. The lowest BCUT2D eigenvalue weighted by Gasteiger charge is -2.25. The Morgan fingerprint density at radius 2 is 2.11 bits per heavy atom. The summed E-state index contributed by atoms with van der Waals surface area (Å²) >= 11 is 0. The third kappa shape index (κ3) is 5.03. The molecular weight excluding hydrogens is 254 g/mol. The van der Waals surface area contributed by atoms with Gasteiger partial charge in [-0.2, -0.15) is 0 Å². The molecule has 1 aliphatic rings. The number of nitrogens with one attached hydrogen (secondary N) is 1. The Labute approximate surface area is 113 Å². The molecule has 4 nitrogen and oxygen atoms in total. The van der Waals surface area contributed by atoms with E-state index in [1.807, 2.05) is 6.92 Å². The first kappa shape index (κ1) is 16.3. The van der Waals surface area contributed by atoms with E-state index in [1.165, 1.54) is 0 Å². The number of rotatable bonds is 8. The van der Waals surface area contributed by atoms with E-state index in [9.17, 15) is 13.6 Å². The smallest absolute Gasteiger partial charge is 0.261 e. The summed E-state index contributed by atoms with van der Waals surface area (Å²) in [4.78, 5) is 13.8. The third-order valence-corrected chi connectivity index (χ3v) is 3.17. The number of hydrogen-bond donors (Lipinski definition) is 1. The van der Waals surface area contributed by atoms with Crippen LogP contribution in [0.15, 0.2) is 0 Å². The van der Waals surface area contributed by atoms with Crippen molar-refractivity contribution in [3.05, 3.63) is 0 Å². The molecule has 0 spiro atoms. The molecule has 1 N–H and O–H groups in total. The third-order valence-electron chi connectivity index (χ3n) is 3.17. The number of carbonyl (C=O) groups excluding carboxylic acids is 1. The molecule has 112 valence electrons. The van der Waals surface area contributed by atoms with Crippen LogP contribution in [0, 0.1) is 5.92 Å². The van der Waals surface area contributed by atoms with E-state index < -0.39 is 13.0 Å². The molecule has 1 aliphatic heterocycles. The predicted octanol–water partition coefficient (Wildman–Crippen LogP) is 1.85. The molecule has 0 aromatic carbocycles. The molecule has 1 heterocycles. The van der Waals surface area contributed by atoms with Crippen LogP contribution >= 0.6 is 0 Å². The van der Waals surface area contributed by atoms with Crippen molar-refractivity contribution in [2.24, 2.45) is 5.92 Å². The van der Waals surface area contributed by atoms with Crippen LogP contribution in [0.2, 0.25) is 0 Å². The van der Waals surface area contributed by atoms with Crippen LogP contribution in [-0.2, 0) is 9.53 Å². The van der Waals surface area contributed by atoms with Crippen LogP contribution in [0.1, 0.15) is 33.6 Å². The van der Waals surface area contributed by atoms with Crippen LogP contribution in [0.5, 0.6) is 0 Å². The minimum atomic E-state index is -2.46. The van der Waals surface area contributed by atoms with Crippen LogP contribution in [0.25, 0.3) is 0 Å². The Morgan fingerprint density at radius 3 is 2.63 bits per heavy atom. The largest absolute Gasteiger partial charge is 0.374 e. The summed E-state index contributed by atoms with van der Waals surface area (Å²) in [5, 5.41) is 3.29. The first-order chi connectivity index (χ1) is 8.95. The van der Waals surface area contributed by atoms with Crippen molar-refractivity contribution in [2.45, 2.75) is 52.2 Å². The lowest BCUT2D eigenvalue weighted by Crippen LogP contribution is -2.40. The summed E-state index contributed by atoms with van der Waals surface area (Å²) in [6.45, 7) is 6.10. The van der Waals surface area contributed by atoms with Gasteiger partial charge in [-0.25, -0.2) is 8.78 Å². The molecule has 1 fully saturated rings. The molecule has 0 bridgehead atoms. The van der Waals surface area contributed by atoms with Crippen molar-refractivity contribution in [1.29, 1.82) is 0 Å². The molecule has 0 saturated carbocycles. The second-order valence-corrected chi connectivity index (χ2v) is 5.27. The minimum absolute atomic E-state index is 0.00685. The zero-order valence-electron chi connectivity index (χ0n) is 11.9. The van der Waals surface area contributed by atoms with Gasteiger partial charge in [0.15, 0.2) is 0 Å². The predicted molar refractivity (Wildman–Crippen MR) is 69.0 cm³/mol. The second-order valence-electron chi connectivity index (χ2n) is 5.27. The minimum Gasteiger partial charge on any atom is -0.374 e. The van der Waals surface area contributed by atoms with Gasteiger partial charge in [-0.1, -0.05) is 20.8 Å². The Morgan fingerprint density at radius 1 is 1.42 bits per heavy atom. The number of alkyl halides is 2. The zero-order valence-corrected chi connectivity index (χ0v) is 11.9. The number of hydrogen-bond acceptors (Lipinski definition) is 3. The van der Waals surface area contributed by atoms with Crippen molar-refractivity contribution in [3.63, 3.8) is 0 Å². The highest BCUT2D eigenvalue weighted by Gasteiger charge is 2.37. The number of halogens is 2. The lowest BCUT2D eigenvalue weighted by molar-refractivity contribution is -0.131. The number of nitrogens with zero attached hydrogens (tertiary/aromatic N) is 1. The molecular formula is C13H24F2N2O2. The Balaban J connectivity index is 2.47. The first-order valence-corrected chi connectivity index (χ1v) is 6.88. The molecule has 0 aromatic rings. The highest BCUT2D eigenvalue weighted by molar-refractivity contribution is 5.84. The second kappa shape index (κ2) is 7.75. The van der Waals surface area contributed by atoms with Gasteiger partial charge in [0.1, 0.15) is 6.61 Å². The molecule has 0 aliphatic carbocycles. The molecule has 19 heavy (non-hydrogen) atoms. The summed E-state index contributed by atoms with van der Waals surface area (Å²) in [7, 11) is 0. The highest BCUT2D eigenvalue weighted by Crippen LogP contribution is 2.18. The normalized spacial score (nSPS) is 23.9. The summed E-state index contributed by atoms with van der Waals surface area (Å²) < 4.78 is 28.8. The van der Waals surface area contributed by atoms with E-state index in [4.69, 9.17) is 4.74 Å². The van der Waals surface area contributed by atoms with E-state index >= 15 is 0 Å². The zero-order chi connectivity index (χ0) is 14.4. The van der Waals surface area contributed by atoms with E-state index in [1.54, 1.807) is 4.90 Å². The van der Waals surface area contributed by atoms with E-state index in [0.717, 1.165) is 12.8 Å². The summed E-state index contributed by atoms with van der Waals surface area (Å²) in [6, 6.07) is -0.154. The van der Waals surface area contributed by atoms with E-state index in [-0.39, 0.29) is 24.7 Å². The summed E-state index contributed by atoms with van der Waals surface area (Å²) in [5.41, 5.74) is 0. The molecule has 1 rings (SSSR count). The van der Waals surface area contributed by atoms with Crippen LogP contribution in [0.3, 0.4) is 0 Å². The Hall–Kier alpha value is -0.750. The summed E-state index contributed by atoms with van der Waals surface area (Å²) in [6.07, 6.45) is -0.867. The van der Waals surface area contributed by atoms with E-state index in [0.29, 0.717) is 12.5 Å². The van der Waals surface area contributed by atoms with Crippen molar-refractivity contribution >= 4 is 5.91 Å². The standard InChI is InChI=1S/C13H24F2N2O2/c1-4-10-13(18)17(5-6-19-8-11(14)15)12(16-10)7-9(2)3/h9-12,16H,4-8H2,1-3H3. The van der Waals surface area contributed by atoms with Crippen molar-refractivity contribution in [3.8, 4) is 0 Å². The van der Waals surface area contributed by atoms with Crippen molar-refractivity contribution in [2.75, 3.05) is 19.8 Å². The van der Waals surface area contributed by atoms with Gasteiger partial charge < -0.3 is 9.64 Å². The maximum Gasteiger partial charge on any atom is 0.261 e. The van der Waals surface area contributed by atoms with Crippen LogP contribution in [0.4, 0.5) is 8.78 Å². The van der Waals surface area contributed by atoms with Gasteiger partial charge in [0.2, 0.25) is 5.91 Å². The van der Waals surface area contributed by atoms with Gasteiger partial charge in [0.25, 0.3) is 6.43 Å². The molecule has 1 amide bonds.